The minimum atomic E-state index is -3.94. The summed E-state index contributed by atoms with van der Waals surface area (Å²) < 4.78 is 46.1. The van der Waals surface area contributed by atoms with E-state index in [1.54, 1.807) is 18.2 Å². The van der Waals surface area contributed by atoms with Gasteiger partial charge < -0.3 is 4.74 Å². The minimum absolute atomic E-state index is 0.165. The van der Waals surface area contributed by atoms with Crippen LogP contribution in [0.25, 0.3) is 0 Å². The van der Waals surface area contributed by atoms with Gasteiger partial charge in [0.2, 0.25) is 10.0 Å². The van der Waals surface area contributed by atoms with Crippen molar-refractivity contribution < 1.29 is 17.5 Å². The third-order valence-corrected chi connectivity index (χ3v) is 5.77. The van der Waals surface area contributed by atoms with Gasteiger partial charge >= 0.3 is 0 Å². The summed E-state index contributed by atoms with van der Waals surface area (Å²) in [6.07, 6.45) is 0.256. The normalized spacial score (nSPS) is 18.2. The Hall–Kier alpha value is -2.43. The predicted octanol–water partition coefficient (Wildman–Crippen LogP) is 2.54. The van der Waals surface area contributed by atoms with Gasteiger partial charge in [-0.25, -0.2) is 12.8 Å². The first kappa shape index (κ1) is 16.4. The highest BCUT2D eigenvalue weighted by atomic mass is 32.2. The quantitative estimate of drug-likeness (QED) is 0.853. The molecule has 24 heavy (non-hydrogen) atoms. The fourth-order valence-electron chi connectivity index (χ4n) is 2.67. The number of halogens is 1. The first-order valence-corrected chi connectivity index (χ1v) is 8.87. The van der Waals surface area contributed by atoms with Gasteiger partial charge in [-0.2, -0.15) is 9.57 Å². The van der Waals surface area contributed by atoms with E-state index in [2.05, 4.69) is 0 Å². The summed E-state index contributed by atoms with van der Waals surface area (Å²) in [5.41, 5.74) is -0.454. The fourth-order valence-corrected chi connectivity index (χ4v) is 4.31. The average Bonchev–Trinajstić information content (AvgIpc) is 3.05. The Kier molecular flexibility index (Phi) is 4.51. The molecule has 1 unspecified atom stereocenters. The van der Waals surface area contributed by atoms with E-state index >= 15 is 0 Å². The molecule has 7 heteroatoms. The van der Waals surface area contributed by atoms with E-state index in [0.29, 0.717) is 12.2 Å². The second kappa shape index (κ2) is 6.59. The van der Waals surface area contributed by atoms with Gasteiger partial charge in [0.05, 0.1) is 6.54 Å². The summed E-state index contributed by atoms with van der Waals surface area (Å²) in [6.45, 7) is 0.430. The molecule has 1 fully saturated rings. The van der Waals surface area contributed by atoms with Gasteiger partial charge in [-0.1, -0.05) is 24.3 Å². The molecule has 0 aliphatic carbocycles. The smallest absolute Gasteiger partial charge is 0.244 e. The summed E-state index contributed by atoms with van der Waals surface area (Å²) >= 11 is 0. The molecule has 0 saturated carbocycles. The highest BCUT2D eigenvalue weighted by Crippen LogP contribution is 2.26. The molecule has 2 aromatic rings. The molecule has 1 saturated heterocycles. The van der Waals surface area contributed by atoms with E-state index < -0.39 is 21.4 Å². The molecule has 5 nitrogen and oxygen atoms in total. The zero-order valence-electron chi connectivity index (χ0n) is 12.7. The molecular weight excluding hydrogens is 331 g/mol. The SMILES string of the molecule is N#Cc1c(F)cccc1S(=O)(=O)N1CCC(Oc2ccccc2)C1. The van der Waals surface area contributed by atoms with Crippen molar-refractivity contribution in [3.63, 3.8) is 0 Å². The van der Waals surface area contributed by atoms with Crippen molar-refractivity contribution in [1.29, 1.82) is 5.26 Å². The van der Waals surface area contributed by atoms with Gasteiger partial charge in [0.25, 0.3) is 0 Å². The van der Waals surface area contributed by atoms with Crippen molar-refractivity contribution in [3.8, 4) is 11.8 Å². The second-order valence-corrected chi connectivity index (χ2v) is 7.34. The van der Waals surface area contributed by atoms with Crippen LogP contribution in [0.4, 0.5) is 4.39 Å². The topological polar surface area (TPSA) is 70.4 Å². The van der Waals surface area contributed by atoms with E-state index in [-0.39, 0.29) is 24.1 Å². The standard InChI is InChI=1S/C17H15FN2O3S/c18-16-7-4-8-17(15(16)11-19)24(21,22)20-10-9-14(12-20)23-13-5-2-1-3-6-13/h1-8,14H,9-10,12H2. The van der Waals surface area contributed by atoms with Crippen LogP contribution in [0.3, 0.4) is 0 Å². The summed E-state index contributed by atoms with van der Waals surface area (Å²) in [4.78, 5) is -0.301. The Morgan fingerprint density at radius 3 is 2.62 bits per heavy atom. The molecule has 0 amide bonds. The Bertz CT molecular complexity index is 878. The largest absolute Gasteiger partial charge is 0.489 e. The zero-order chi connectivity index (χ0) is 17.2. The molecule has 124 valence electrons. The van der Waals surface area contributed by atoms with Crippen molar-refractivity contribution in [3.05, 3.63) is 59.9 Å². The van der Waals surface area contributed by atoms with Gasteiger partial charge in [-0.05, 0) is 30.7 Å². The van der Waals surface area contributed by atoms with Crippen LogP contribution in [0.15, 0.2) is 53.4 Å². The van der Waals surface area contributed by atoms with Crippen LogP contribution < -0.4 is 4.74 Å². The predicted molar refractivity (Wildman–Crippen MR) is 85.3 cm³/mol. The zero-order valence-corrected chi connectivity index (χ0v) is 13.5. The summed E-state index contributed by atoms with van der Waals surface area (Å²) in [7, 11) is -3.94. The van der Waals surface area contributed by atoms with E-state index in [0.717, 1.165) is 6.07 Å². The van der Waals surface area contributed by atoms with Gasteiger partial charge in [-0.15, -0.1) is 0 Å². The minimum Gasteiger partial charge on any atom is -0.489 e. The molecule has 0 bridgehead atoms. The molecule has 3 rings (SSSR count). The van der Waals surface area contributed by atoms with Gasteiger partial charge in [0, 0.05) is 6.54 Å². The lowest BCUT2D eigenvalue weighted by molar-refractivity contribution is 0.215. The number of ether oxygens (including phenoxy) is 1. The number of nitriles is 1. The first-order chi connectivity index (χ1) is 11.5. The van der Waals surface area contributed by atoms with Crippen LogP contribution in [0.1, 0.15) is 12.0 Å². The molecule has 0 N–H and O–H groups in total. The number of rotatable bonds is 4. The summed E-state index contributed by atoms with van der Waals surface area (Å²) in [5, 5.41) is 9.05. The van der Waals surface area contributed by atoms with Crippen molar-refractivity contribution in [1.82, 2.24) is 4.31 Å². The van der Waals surface area contributed by atoms with Crippen molar-refractivity contribution >= 4 is 10.0 Å². The average molecular weight is 346 g/mol. The van der Waals surface area contributed by atoms with Crippen LogP contribution in [0, 0.1) is 17.1 Å². The number of hydrogen-bond acceptors (Lipinski definition) is 4. The maximum atomic E-state index is 13.7. The van der Waals surface area contributed by atoms with E-state index in [9.17, 15) is 12.8 Å². The van der Waals surface area contributed by atoms with Crippen LogP contribution in [0.2, 0.25) is 0 Å². The lowest BCUT2D eigenvalue weighted by Crippen LogP contribution is -2.31. The first-order valence-electron chi connectivity index (χ1n) is 7.43. The van der Waals surface area contributed by atoms with Crippen molar-refractivity contribution in [2.75, 3.05) is 13.1 Å². The van der Waals surface area contributed by atoms with Gasteiger partial charge in [-0.3, -0.25) is 0 Å². The Balaban J connectivity index is 1.80. The number of para-hydroxylation sites is 1. The van der Waals surface area contributed by atoms with Gasteiger partial charge in [0.15, 0.2) is 0 Å². The summed E-state index contributed by atoms with van der Waals surface area (Å²) in [5.74, 6) is -0.167. The molecule has 1 aliphatic heterocycles. The highest BCUT2D eigenvalue weighted by molar-refractivity contribution is 7.89. The number of benzene rings is 2. The highest BCUT2D eigenvalue weighted by Gasteiger charge is 2.35. The lowest BCUT2D eigenvalue weighted by atomic mass is 10.2. The van der Waals surface area contributed by atoms with Crippen LogP contribution in [-0.2, 0) is 10.0 Å². The molecule has 1 aliphatic rings. The van der Waals surface area contributed by atoms with Crippen LogP contribution >= 0.6 is 0 Å². The van der Waals surface area contributed by atoms with Crippen LogP contribution in [-0.4, -0.2) is 31.9 Å². The number of hydrogen-bond donors (Lipinski definition) is 0. The Labute approximate surface area is 139 Å². The maximum absolute atomic E-state index is 13.7. The van der Waals surface area contributed by atoms with Crippen molar-refractivity contribution in [2.24, 2.45) is 0 Å². The molecule has 1 atom stereocenters. The maximum Gasteiger partial charge on any atom is 0.244 e. The molecular formula is C17H15FN2O3S. The molecule has 1 heterocycles. The lowest BCUT2D eigenvalue weighted by Gasteiger charge is -2.18. The Morgan fingerprint density at radius 2 is 1.92 bits per heavy atom. The Morgan fingerprint density at radius 1 is 1.17 bits per heavy atom. The number of sulfonamides is 1. The molecule has 0 spiro atoms. The molecule has 0 aromatic heterocycles. The van der Waals surface area contributed by atoms with Crippen LogP contribution in [0.5, 0.6) is 5.75 Å². The third kappa shape index (κ3) is 3.11. The van der Waals surface area contributed by atoms with E-state index in [4.69, 9.17) is 10.00 Å². The second-order valence-electron chi connectivity index (χ2n) is 5.43. The number of nitrogens with zero attached hydrogens (tertiary/aromatic N) is 2. The van der Waals surface area contributed by atoms with Crippen molar-refractivity contribution in [2.45, 2.75) is 17.4 Å². The molecule has 2 aromatic carbocycles. The summed E-state index contributed by atoms with van der Waals surface area (Å²) in [6, 6.07) is 14.4. The fraction of sp³-hybridized carbons (Fsp3) is 0.235. The molecule has 0 radical (unpaired) electrons. The third-order valence-electron chi connectivity index (χ3n) is 3.86. The van der Waals surface area contributed by atoms with E-state index in [1.165, 1.54) is 16.4 Å². The van der Waals surface area contributed by atoms with E-state index in [1.807, 2.05) is 18.2 Å². The van der Waals surface area contributed by atoms with Gasteiger partial charge in [0.1, 0.15) is 34.2 Å². The monoisotopic (exact) mass is 346 g/mol.